The van der Waals surface area contributed by atoms with Crippen LogP contribution in [0.4, 0.5) is 5.69 Å². The minimum Gasteiger partial charge on any atom is -0.352 e. The van der Waals surface area contributed by atoms with Gasteiger partial charge >= 0.3 is 0 Å². The van der Waals surface area contributed by atoms with Crippen LogP contribution in [-0.4, -0.2) is 33.2 Å². The molecule has 0 bridgehead atoms. The maximum Gasteiger partial charge on any atom is 0.251 e. The second kappa shape index (κ2) is 8.76. The fourth-order valence-electron chi connectivity index (χ4n) is 3.17. The largest absolute Gasteiger partial charge is 0.352 e. The van der Waals surface area contributed by atoms with Crippen molar-refractivity contribution in [2.45, 2.75) is 25.7 Å². The van der Waals surface area contributed by atoms with Crippen molar-refractivity contribution < 1.29 is 13.2 Å². The number of rotatable bonds is 6. The first kappa shape index (κ1) is 19.7. The van der Waals surface area contributed by atoms with Crippen LogP contribution in [0.3, 0.4) is 0 Å². The Balaban J connectivity index is 1.58. The summed E-state index contributed by atoms with van der Waals surface area (Å²) in [7, 11) is -3.29. The number of hydrogen-bond acceptors (Lipinski definition) is 3. The summed E-state index contributed by atoms with van der Waals surface area (Å²) in [6.07, 6.45) is 3.07. The van der Waals surface area contributed by atoms with E-state index in [0.29, 0.717) is 30.8 Å². The van der Waals surface area contributed by atoms with E-state index in [0.717, 1.165) is 29.8 Å². The smallest absolute Gasteiger partial charge is 0.251 e. The molecule has 0 atom stereocenters. The van der Waals surface area contributed by atoms with Crippen molar-refractivity contribution in [3.8, 4) is 0 Å². The topological polar surface area (TPSA) is 66.5 Å². The Bertz CT molecular complexity index is 915. The molecule has 0 aromatic heterocycles. The van der Waals surface area contributed by atoms with Crippen molar-refractivity contribution in [1.29, 1.82) is 0 Å². The van der Waals surface area contributed by atoms with Gasteiger partial charge in [0.2, 0.25) is 10.0 Å². The number of anilines is 1. The predicted molar refractivity (Wildman–Crippen MR) is 109 cm³/mol. The average Bonchev–Trinajstić information content (AvgIpc) is 2.66. The van der Waals surface area contributed by atoms with Gasteiger partial charge in [-0.3, -0.25) is 9.10 Å². The number of halogens is 1. The van der Waals surface area contributed by atoms with Gasteiger partial charge in [0.15, 0.2) is 0 Å². The molecule has 1 fully saturated rings. The van der Waals surface area contributed by atoms with Crippen LogP contribution in [0, 0.1) is 0 Å². The van der Waals surface area contributed by atoms with Gasteiger partial charge in [0.1, 0.15) is 0 Å². The summed E-state index contributed by atoms with van der Waals surface area (Å²) >= 11 is 6.13. The molecule has 1 N–H and O–H groups in total. The summed E-state index contributed by atoms with van der Waals surface area (Å²) in [5.74, 6) is -0.0451. The molecule has 1 amide bonds. The van der Waals surface area contributed by atoms with Crippen LogP contribution in [0.15, 0.2) is 48.5 Å². The van der Waals surface area contributed by atoms with Crippen molar-refractivity contribution in [3.63, 3.8) is 0 Å². The Hall–Kier alpha value is -2.05. The SMILES string of the molecule is O=C(NCCCc1ccccc1Cl)c1cccc(N2CCCCS2(=O)=O)c1. The van der Waals surface area contributed by atoms with Crippen LogP contribution in [-0.2, 0) is 16.4 Å². The fraction of sp³-hybridized carbons (Fsp3) is 0.350. The second-order valence-electron chi connectivity index (χ2n) is 6.60. The summed E-state index contributed by atoms with van der Waals surface area (Å²) in [6, 6.07) is 14.5. The maximum absolute atomic E-state index is 12.4. The van der Waals surface area contributed by atoms with E-state index in [9.17, 15) is 13.2 Å². The lowest BCUT2D eigenvalue weighted by atomic mass is 10.1. The summed E-state index contributed by atoms with van der Waals surface area (Å²) in [5.41, 5.74) is 2.08. The fourth-order valence-corrected chi connectivity index (χ4v) is 5.03. The standard InChI is InChI=1S/C20H23ClN2O3S/c21-19-11-2-1-7-16(19)9-6-12-22-20(24)17-8-5-10-18(15-17)23-13-3-4-14-27(23,25)26/h1-2,5,7-8,10-11,15H,3-4,6,9,12-14H2,(H,22,24). The number of aryl methyl sites for hydroxylation is 1. The number of carbonyl (C=O) groups excluding carboxylic acids is 1. The molecule has 2 aromatic rings. The highest BCUT2D eigenvalue weighted by molar-refractivity contribution is 7.92. The molecule has 27 heavy (non-hydrogen) atoms. The molecule has 144 valence electrons. The van der Waals surface area contributed by atoms with Crippen molar-refractivity contribution in [3.05, 3.63) is 64.7 Å². The average molecular weight is 407 g/mol. The molecular weight excluding hydrogens is 384 g/mol. The van der Waals surface area contributed by atoms with Crippen LogP contribution in [0.2, 0.25) is 5.02 Å². The zero-order valence-corrected chi connectivity index (χ0v) is 16.6. The van der Waals surface area contributed by atoms with E-state index in [4.69, 9.17) is 11.6 Å². The van der Waals surface area contributed by atoms with Crippen molar-refractivity contribution in [2.24, 2.45) is 0 Å². The minimum atomic E-state index is -3.29. The monoisotopic (exact) mass is 406 g/mol. The second-order valence-corrected chi connectivity index (χ2v) is 9.02. The molecule has 2 aromatic carbocycles. The Morgan fingerprint density at radius 2 is 1.93 bits per heavy atom. The van der Waals surface area contributed by atoms with Gasteiger partial charge in [-0.1, -0.05) is 35.9 Å². The summed E-state index contributed by atoms with van der Waals surface area (Å²) in [5, 5.41) is 3.62. The van der Waals surface area contributed by atoms with Gasteiger partial charge in [-0.15, -0.1) is 0 Å². The lowest BCUT2D eigenvalue weighted by Crippen LogP contribution is -2.38. The highest BCUT2D eigenvalue weighted by Crippen LogP contribution is 2.24. The van der Waals surface area contributed by atoms with Crippen LogP contribution >= 0.6 is 11.6 Å². The van der Waals surface area contributed by atoms with Gasteiger partial charge in [0, 0.05) is 23.7 Å². The van der Waals surface area contributed by atoms with Gasteiger partial charge < -0.3 is 5.32 Å². The maximum atomic E-state index is 12.4. The van der Waals surface area contributed by atoms with Crippen molar-refractivity contribution in [1.82, 2.24) is 5.32 Å². The third-order valence-corrected chi connectivity index (χ3v) is 6.85. The molecule has 0 spiro atoms. The molecule has 1 aliphatic heterocycles. The third-order valence-electron chi connectivity index (χ3n) is 4.61. The minimum absolute atomic E-state index is 0.158. The first-order valence-electron chi connectivity index (χ1n) is 9.09. The third kappa shape index (κ3) is 5.02. The van der Waals surface area contributed by atoms with E-state index < -0.39 is 10.0 Å². The zero-order valence-electron chi connectivity index (χ0n) is 15.0. The zero-order chi connectivity index (χ0) is 19.3. The highest BCUT2D eigenvalue weighted by atomic mass is 35.5. The number of nitrogens with one attached hydrogen (secondary N) is 1. The Labute approximate surface area is 165 Å². The molecule has 5 nitrogen and oxygen atoms in total. The van der Waals surface area contributed by atoms with Crippen molar-refractivity contribution in [2.75, 3.05) is 23.1 Å². The first-order valence-corrected chi connectivity index (χ1v) is 11.1. The van der Waals surface area contributed by atoms with E-state index >= 15 is 0 Å². The molecule has 1 saturated heterocycles. The number of sulfonamides is 1. The Morgan fingerprint density at radius 3 is 2.70 bits per heavy atom. The molecule has 3 rings (SSSR count). The number of carbonyl (C=O) groups is 1. The molecule has 1 aliphatic rings. The lowest BCUT2D eigenvalue weighted by molar-refractivity contribution is 0.0953. The molecule has 7 heteroatoms. The summed E-state index contributed by atoms with van der Waals surface area (Å²) < 4.78 is 25.9. The molecule has 0 saturated carbocycles. The molecule has 0 aliphatic carbocycles. The normalized spacial score (nSPS) is 16.1. The van der Waals surface area contributed by atoms with E-state index in [1.165, 1.54) is 4.31 Å². The van der Waals surface area contributed by atoms with E-state index in [1.807, 2.05) is 24.3 Å². The lowest BCUT2D eigenvalue weighted by Gasteiger charge is -2.28. The first-order chi connectivity index (χ1) is 13.0. The Morgan fingerprint density at radius 1 is 1.11 bits per heavy atom. The summed E-state index contributed by atoms with van der Waals surface area (Å²) in [6.45, 7) is 0.988. The van der Waals surface area contributed by atoms with Crippen LogP contribution < -0.4 is 9.62 Å². The van der Waals surface area contributed by atoms with Crippen LogP contribution in [0.25, 0.3) is 0 Å². The van der Waals surface area contributed by atoms with E-state index in [2.05, 4.69) is 5.32 Å². The van der Waals surface area contributed by atoms with Gasteiger partial charge in [0.05, 0.1) is 11.4 Å². The van der Waals surface area contributed by atoms with Gasteiger partial charge in [-0.2, -0.15) is 0 Å². The van der Waals surface area contributed by atoms with E-state index in [1.54, 1.807) is 24.3 Å². The van der Waals surface area contributed by atoms with Gasteiger partial charge in [-0.25, -0.2) is 8.42 Å². The number of benzene rings is 2. The van der Waals surface area contributed by atoms with Gasteiger partial charge in [-0.05, 0) is 55.5 Å². The number of nitrogens with zero attached hydrogens (tertiary/aromatic N) is 1. The Kier molecular flexibility index (Phi) is 6.39. The molecular formula is C20H23ClN2O3S. The van der Waals surface area contributed by atoms with E-state index in [-0.39, 0.29) is 11.7 Å². The van der Waals surface area contributed by atoms with Gasteiger partial charge in [0.25, 0.3) is 5.91 Å². The number of hydrogen-bond donors (Lipinski definition) is 1. The molecule has 0 unspecified atom stereocenters. The quantitative estimate of drug-likeness (QED) is 0.745. The molecule has 0 radical (unpaired) electrons. The predicted octanol–water partition coefficient (Wildman–Crippen LogP) is 3.63. The highest BCUT2D eigenvalue weighted by Gasteiger charge is 2.26. The van der Waals surface area contributed by atoms with Crippen LogP contribution in [0.1, 0.15) is 35.2 Å². The number of amides is 1. The summed E-state index contributed by atoms with van der Waals surface area (Å²) in [4.78, 5) is 12.4. The van der Waals surface area contributed by atoms with Crippen LogP contribution in [0.5, 0.6) is 0 Å². The molecule has 1 heterocycles. The van der Waals surface area contributed by atoms with Crippen molar-refractivity contribution >= 4 is 33.2 Å².